The lowest BCUT2D eigenvalue weighted by Gasteiger charge is -2.02. The van der Waals surface area contributed by atoms with Crippen LogP contribution in [-0.2, 0) is 0 Å². The van der Waals surface area contributed by atoms with Gasteiger partial charge < -0.3 is 8.83 Å². The first-order chi connectivity index (χ1) is 12.2. The van der Waals surface area contributed by atoms with Gasteiger partial charge in [0.2, 0.25) is 11.8 Å². The molecule has 6 heteroatoms. The Morgan fingerprint density at radius 3 is 2.40 bits per heavy atom. The van der Waals surface area contributed by atoms with Crippen LogP contribution in [0.1, 0.15) is 26.8 Å². The first kappa shape index (κ1) is 16.3. The van der Waals surface area contributed by atoms with E-state index in [1.165, 1.54) is 0 Å². The largest absolute Gasteiger partial charge is 0.457 e. The fourth-order valence-corrected chi connectivity index (χ4v) is 2.90. The van der Waals surface area contributed by atoms with Crippen molar-refractivity contribution in [2.24, 2.45) is 0 Å². The molecule has 0 atom stereocenters. The van der Waals surface area contributed by atoms with Crippen LogP contribution in [-0.4, -0.2) is 10.2 Å². The van der Waals surface area contributed by atoms with Crippen LogP contribution in [0.5, 0.6) is 0 Å². The van der Waals surface area contributed by atoms with Gasteiger partial charge in [-0.3, -0.25) is 0 Å². The van der Waals surface area contributed by atoms with Gasteiger partial charge in [0.1, 0.15) is 15.1 Å². The van der Waals surface area contributed by atoms with Gasteiger partial charge >= 0.3 is 0 Å². The van der Waals surface area contributed by atoms with Crippen LogP contribution in [0.3, 0.4) is 0 Å². The molecule has 2 aromatic heterocycles. The number of aromatic nitrogens is 2. The number of benzene rings is 2. The van der Waals surface area contributed by atoms with Crippen molar-refractivity contribution in [1.82, 2.24) is 10.2 Å². The number of halogens is 2. The Bertz CT molecular complexity index is 1000. The molecule has 0 aliphatic rings. The first-order valence-electron chi connectivity index (χ1n) is 7.58. The number of para-hydroxylation sites is 1. The summed E-state index contributed by atoms with van der Waals surface area (Å²) >= 11 is 6.75. The molecule has 0 fully saturated rings. The molecule has 2 heterocycles. The Morgan fingerprint density at radius 2 is 1.68 bits per heavy atom. The van der Waals surface area contributed by atoms with E-state index in [1.807, 2.05) is 66.7 Å². The fourth-order valence-electron chi connectivity index (χ4n) is 2.53. The van der Waals surface area contributed by atoms with E-state index in [2.05, 4.69) is 42.1 Å². The van der Waals surface area contributed by atoms with Crippen LogP contribution in [0.2, 0.25) is 0 Å². The van der Waals surface area contributed by atoms with E-state index in [1.54, 1.807) is 0 Å². The molecule has 4 rings (SSSR count). The highest BCUT2D eigenvalue weighted by Crippen LogP contribution is 2.32. The van der Waals surface area contributed by atoms with Crippen molar-refractivity contribution in [1.29, 1.82) is 0 Å². The molecule has 0 spiro atoms. The summed E-state index contributed by atoms with van der Waals surface area (Å²) < 4.78 is 11.5. The van der Waals surface area contributed by atoms with Crippen molar-refractivity contribution in [3.63, 3.8) is 0 Å². The third-order valence-corrected chi connectivity index (χ3v) is 4.46. The Balaban J connectivity index is 1.84. The van der Waals surface area contributed by atoms with Crippen LogP contribution >= 0.6 is 31.9 Å². The van der Waals surface area contributed by atoms with Crippen molar-refractivity contribution in [3.05, 3.63) is 83.8 Å². The normalized spacial score (nSPS) is 12.2. The molecule has 0 saturated heterocycles. The number of hydrogen-bond acceptors (Lipinski definition) is 4. The summed E-state index contributed by atoms with van der Waals surface area (Å²) in [6.45, 7) is 0. The minimum Gasteiger partial charge on any atom is -0.457 e. The minimum atomic E-state index is -0.190. The van der Waals surface area contributed by atoms with E-state index in [-0.39, 0.29) is 3.74 Å². The quantitative estimate of drug-likeness (QED) is 0.341. The Hall–Kier alpha value is -2.18. The monoisotopic (exact) mass is 458 g/mol. The second kappa shape index (κ2) is 6.98. The predicted molar refractivity (Wildman–Crippen MR) is 105 cm³/mol. The summed E-state index contributed by atoms with van der Waals surface area (Å²) in [5, 5.41) is 9.29. The van der Waals surface area contributed by atoms with Crippen LogP contribution in [0.25, 0.3) is 22.6 Å². The summed E-state index contributed by atoms with van der Waals surface area (Å²) in [5.41, 5.74) is 2.62. The van der Waals surface area contributed by atoms with Gasteiger partial charge in [0.15, 0.2) is 0 Å². The van der Waals surface area contributed by atoms with E-state index < -0.39 is 0 Å². The lowest BCUT2D eigenvalue weighted by atomic mass is 10.0. The third kappa shape index (κ3) is 3.45. The maximum atomic E-state index is 5.91. The highest BCUT2D eigenvalue weighted by molar-refractivity contribution is 9.24. The van der Waals surface area contributed by atoms with Gasteiger partial charge in [-0.05, 0) is 23.8 Å². The molecule has 124 valence electrons. The van der Waals surface area contributed by atoms with Crippen LogP contribution in [0, 0.1) is 0 Å². The SMILES string of the molecule is BrC(Br)c1nnc(/C(=C/c2cc3ccccc3o2)c2ccccc2)o1. The minimum absolute atomic E-state index is 0.190. The molecular weight excluding hydrogens is 448 g/mol. The number of nitrogens with zero attached hydrogens (tertiary/aromatic N) is 2. The van der Waals surface area contributed by atoms with Gasteiger partial charge in [-0.25, -0.2) is 0 Å². The summed E-state index contributed by atoms with van der Waals surface area (Å²) in [5.74, 6) is 1.63. The lowest BCUT2D eigenvalue weighted by molar-refractivity contribution is 0.503. The van der Waals surface area contributed by atoms with E-state index in [9.17, 15) is 0 Å². The topological polar surface area (TPSA) is 52.1 Å². The van der Waals surface area contributed by atoms with Crippen molar-refractivity contribution in [3.8, 4) is 0 Å². The zero-order valence-corrected chi connectivity index (χ0v) is 16.1. The molecule has 0 N–H and O–H groups in total. The number of rotatable bonds is 4. The Labute approximate surface area is 160 Å². The van der Waals surface area contributed by atoms with E-state index >= 15 is 0 Å². The smallest absolute Gasteiger partial charge is 0.248 e. The maximum Gasteiger partial charge on any atom is 0.248 e. The van der Waals surface area contributed by atoms with E-state index in [0.717, 1.165) is 27.9 Å². The van der Waals surface area contributed by atoms with Gasteiger partial charge in [0, 0.05) is 11.0 Å². The summed E-state index contributed by atoms with van der Waals surface area (Å²) in [4.78, 5) is 0. The second-order valence-electron chi connectivity index (χ2n) is 5.36. The molecule has 0 saturated carbocycles. The van der Waals surface area contributed by atoms with Gasteiger partial charge in [-0.2, -0.15) is 0 Å². The predicted octanol–water partition coefficient (Wildman–Crippen LogP) is 6.19. The molecule has 0 unspecified atom stereocenters. The standard InChI is InChI=1S/C19H12Br2N2O2/c20-17(21)19-23-22-18(25-19)15(12-6-2-1-3-7-12)11-14-10-13-8-4-5-9-16(13)24-14/h1-11,17H/b15-11+. The summed E-state index contributed by atoms with van der Waals surface area (Å²) in [6.07, 6.45) is 1.92. The van der Waals surface area contributed by atoms with Crippen LogP contribution < -0.4 is 0 Å². The maximum absolute atomic E-state index is 5.91. The first-order valence-corrected chi connectivity index (χ1v) is 9.41. The molecule has 0 amide bonds. The number of furan rings is 1. The second-order valence-corrected chi connectivity index (χ2v) is 8.42. The third-order valence-electron chi connectivity index (χ3n) is 3.67. The lowest BCUT2D eigenvalue weighted by Crippen LogP contribution is -1.88. The van der Waals surface area contributed by atoms with Crippen LogP contribution in [0.4, 0.5) is 0 Å². The van der Waals surface area contributed by atoms with Crippen molar-refractivity contribution in [2.75, 3.05) is 0 Å². The highest BCUT2D eigenvalue weighted by atomic mass is 79.9. The number of hydrogen-bond donors (Lipinski definition) is 0. The van der Waals surface area contributed by atoms with Crippen molar-refractivity contribution >= 4 is 54.5 Å². The molecule has 25 heavy (non-hydrogen) atoms. The van der Waals surface area contributed by atoms with Crippen molar-refractivity contribution < 1.29 is 8.83 Å². The van der Waals surface area contributed by atoms with E-state index in [4.69, 9.17) is 8.83 Å². The Kier molecular flexibility index (Phi) is 4.55. The summed E-state index contributed by atoms with van der Waals surface area (Å²) in [7, 11) is 0. The highest BCUT2D eigenvalue weighted by Gasteiger charge is 2.17. The zero-order valence-electron chi connectivity index (χ0n) is 12.9. The Morgan fingerprint density at radius 1 is 0.920 bits per heavy atom. The molecule has 0 bridgehead atoms. The number of fused-ring (bicyclic) bond motifs is 1. The van der Waals surface area contributed by atoms with Gasteiger partial charge in [0.05, 0.1) is 0 Å². The van der Waals surface area contributed by atoms with Crippen molar-refractivity contribution in [2.45, 2.75) is 3.74 Å². The van der Waals surface area contributed by atoms with E-state index in [0.29, 0.717) is 11.8 Å². The fraction of sp³-hybridized carbons (Fsp3) is 0.0526. The van der Waals surface area contributed by atoms with Crippen LogP contribution in [0.15, 0.2) is 69.5 Å². The molecule has 0 radical (unpaired) electrons. The average Bonchev–Trinajstić information content (AvgIpc) is 3.27. The molecular formula is C19H12Br2N2O2. The van der Waals surface area contributed by atoms with Gasteiger partial charge in [0.25, 0.3) is 0 Å². The zero-order chi connectivity index (χ0) is 17.2. The molecule has 4 aromatic rings. The van der Waals surface area contributed by atoms with Gasteiger partial charge in [-0.15, -0.1) is 10.2 Å². The molecule has 0 aliphatic carbocycles. The van der Waals surface area contributed by atoms with Gasteiger partial charge in [-0.1, -0.05) is 80.4 Å². The molecule has 4 nitrogen and oxygen atoms in total. The summed E-state index contributed by atoms with van der Waals surface area (Å²) in [6, 6.07) is 19.8. The molecule has 2 aromatic carbocycles. The average molecular weight is 460 g/mol. The molecule has 0 aliphatic heterocycles. The number of alkyl halides is 2.